The van der Waals surface area contributed by atoms with E-state index < -0.39 is 5.97 Å². The molecule has 1 aliphatic heterocycles. The molecule has 4 rings (SSSR count). The van der Waals surface area contributed by atoms with Gasteiger partial charge in [0.1, 0.15) is 0 Å². The van der Waals surface area contributed by atoms with Crippen LogP contribution >= 0.6 is 0 Å². The zero-order valence-corrected chi connectivity index (χ0v) is 16.1. The summed E-state index contributed by atoms with van der Waals surface area (Å²) in [5.41, 5.74) is 1.89. The van der Waals surface area contributed by atoms with E-state index in [2.05, 4.69) is 20.3 Å². The number of piperazine rings is 1. The van der Waals surface area contributed by atoms with Gasteiger partial charge in [-0.3, -0.25) is 10.1 Å². The number of benzene rings is 1. The number of nitrogens with one attached hydrogen (secondary N) is 1. The van der Waals surface area contributed by atoms with Crippen LogP contribution in [0.5, 0.6) is 0 Å². The number of carbonyl (C=O) groups is 2. The number of fused-ring (bicyclic) bond motifs is 1. The van der Waals surface area contributed by atoms with Crippen molar-refractivity contribution in [3.63, 3.8) is 0 Å². The van der Waals surface area contributed by atoms with Gasteiger partial charge in [-0.25, -0.2) is 9.31 Å². The highest BCUT2D eigenvalue weighted by Crippen LogP contribution is 2.24. The molecule has 0 atom stereocenters. The fourth-order valence-electron chi connectivity index (χ4n) is 3.44. The summed E-state index contributed by atoms with van der Waals surface area (Å²) in [5.74, 6) is -1.26. The highest BCUT2D eigenvalue weighted by Gasteiger charge is 2.24. The first kappa shape index (κ1) is 18.9. The van der Waals surface area contributed by atoms with Crippen LogP contribution in [0.2, 0.25) is 0 Å². The molecule has 9 nitrogen and oxygen atoms in total. The van der Waals surface area contributed by atoms with Gasteiger partial charge in [-0.2, -0.15) is 4.98 Å². The minimum Gasteiger partial charge on any atom is -0.476 e. The lowest BCUT2D eigenvalue weighted by Gasteiger charge is -2.34. The maximum Gasteiger partial charge on any atom is 0.356 e. The normalized spacial score (nSPS) is 14.9. The molecule has 0 radical (unpaired) electrons. The Morgan fingerprint density at radius 3 is 2.48 bits per heavy atom. The SMILES string of the molecule is CN1CCN(c2ccc3nc(NC(=O)Cc4ccccc4)nn3c2C(=O)O)CC1. The number of carboxylic acids is 1. The Balaban J connectivity index is 1.60. The molecule has 0 unspecified atom stereocenters. The summed E-state index contributed by atoms with van der Waals surface area (Å²) in [6.07, 6.45) is 0.189. The molecule has 1 aromatic carbocycles. The Hall–Kier alpha value is -3.46. The van der Waals surface area contributed by atoms with Crippen molar-refractivity contribution in [2.24, 2.45) is 0 Å². The summed E-state index contributed by atoms with van der Waals surface area (Å²) < 4.78 is 1.29. The Labute approximate surface area is 167 Å². The average Bonchev–Trinajstić information content (AvgIpc) is 3.10. The highest BCUT2D eigenvalue weighted by molar-refractivity contribution is 5.94. The number of nitrogens with zero attached hydrogens (tertiary/aromatic N) is 5. The first-order valence-electron chi connectivity index (χ1n) is 9.41. The van der Waals surface area contributed by atoms with E-state index >= 15 is 0 Å². The quantitative estimate of drug-likeness (QED) is 0.673. The molecule has 150 valence electrons. The van der Waals surface area contributed by atoms with Crippen LogP contribution in [0.25, 0.3) is 5.65 Å². The number of aromatic nitrogens is 3. The molecule has 0 aliphatic carbocycles. The number of carbonyl (C=O) groups excluding carboxylic acids is 1. The largest absolute Gasteiger partial charge is 0.476 e. The minimum atomic E-state index is -1.09. The molecule has 0 spiro atoms. The second-order valence-electron chi connectivity index (χ2n) is 7.08. The van der Waals surface area contributed by atoms with Crippen LogP contribution in [-0.2, 0) is 11.2 Å². The predicted octanol–water partition coefficient (Wildman–Crippen LogP) is 1.36. The zero-order chi connectivity index (χ0) is 20.4. The Morgan fingerprint density at radius 1 is 1.07 bits per heavy atom. The summed E-state index contributed by atoms with van der Waals surface area (Å²) in [5, 5.41) is 16.7. The molecule has 2 aromatic heterocycles. The molecular weight excluding hydrogens is 372 g/mol. The van der Waals surface area contributed by atoms with E-state index in [9.17, 15) is 14.7 Å². The molecule has 1 aliphatic rings. The van der Waals surface area contributed by atoms with Gasteiger partial charge in [0.05, 0.1) is 12.1 Å². The highest BCUT2D eigenvalue weighted by atomic mass is 16.4. The van der Waals surface area contributed by atoms with Crippen LogP contribution in [-0.4, -0.2) is 69.7 Å². The monoisotopic (exact) mass is 394 g/mol. The number of amides is 1. The van der Waals surface area contributed by atoms with Crippen molar-refractivity contribution in [2.75, 3.05) is 43.4 Å². The minimum absolute atomic E-state index is 0.0445. The Morgan fingerprint density at radius 2 is 1.79 bits per heavy atom. The summed E-state index contributed by atoms with van der Waals surface area (Å²) >= 11 is 0. The Kier molecular flexibility index (Phi) is 5.13. The molecule has 29 heavy (non-hydrogen) atoms. The van der Waals surface area contributed by atoms with Crippen molar-refractivity contribution < 1.29 is 14.7 Å². The third-order valence-electron chi connectivity index (χ3n) is 4.98. The number of hydrogen-bond acceptors (Lipinski definition) is 6. The van der Waals surface area contributed by atoms with Gasteiger partial charge in [0, 0.05) is 26.2 Å². The van der Waals surface area contributed by atoms with Gasteiger partial charge in [0.15, 0.2) is 11.3 Å². The predicted molar refractivity (Wildman–Crippen MR) is 108 cm³/mol. The number of carboxylic acid groups (broad SMARTS) is 1. The molecule has 3 aromatic rings. The van der Waals surface area contributed by atoms with Gasteiger partial charge < -0.3 is 14.9 Å². The molecule has 0 bridgehead atoms. The van der Waals surface area contributed by atoms with E-state index in [0.29, 0.717) is 11.3 Å². The first-order chi connectivity index (χ1) is 14.0. The van der Waals surface area contributed by atoms with Crippen LogP contribution < -0.4 is 10.2 Å². The van der Waals surface area contributed by atoms with Crippen molar-refractivity contribution in [3.8, 4) is 0 Å². The standard InChI is InChI=1S/C20H22N6O3/c1-24-9-11-25(12-10-24)15-7-8-16-21-20(23-26(16)18(15)19(28)29)22-17(27)13-14-5-3-2-4-6-14/h2-8H,9-13H2,1H3,(H,28,29)(H,22,23,27). The van der Waals surface area contributed by atoms with Crippen molar-refractivity contribution in [3.05, 3.63) is 53.7 Å². The summed E-state index contributed by atoms with van der Waals surface area (Å²) in [4.78, 5) is 32.8. The van der Waals surface area contributed by atoms with Crippen LogP contribution in [0.1, 0.15) is 16.1 Å². The summed E-state index contributed by atoms with van der Waals surface area (Å²) in [6, 6.07) is 12.8. The van der Waals surface area contributed by atoms with E-state index in [1.807, 2.05) is 42.3 Å². The smallest absolute Gasteiger partial charge is 0.356 e. The lowest BCUT2D eigenvalue weighted by molar-refractivity contribution is -0.115. The van der Waals surface area contributed by atoms with E-state index in [1.165, 1.54) is 4.52 Å². The topological polar surface area (TPSA) is 103 Å². The summed E-state index contributed by atoms with van der Waals surface area (Å²) in [7, 11) is 2.04. The van der Waals surface area contributed by atoms with E-state index in [-0.39, 0.29) is 24.0 Å². The third kappa shape index (κ3) is 4.04. The second-order valence-corrected chi connectivity index (χ2v) is 7.08. The molecule has 2 N–H and O–H groups in total. The van der Waals surface area contributed by atoms with E-state index in [1.54, 1.807) is 12.1 Å². The second kappa shape index (κ2) is 7.88. The van der Waals surface area contributed by atoms with Crippen LogP contribution in [0.4, 0.5) is 11.6 Å². The maximum atomic E-state index is 12.3. The molecule has 9 heteroatoms. The maximum absolute atomic E-state index is 12.3. The molecule has 1 fully saturated rings. The molecular formula is C20H22N6O3. The van der Waals surface area contributed by atoms with E-state index in [4.69, 9.17) is 0 Å². The number of hydrogen-bond donors (Lipinski definition) is 2. The number of likely N-dealkylation sites (N-methyl/N-ethyl adjacent to an activating group) is 1. The van der Waals surface area contributed by atoms with Gasteiger partial charge in [-0.15, -0.1) is 5.10 Å². The van der Waals surface area contributed by atoms with Crippen molar-refractivity contribution in [1.82, 2.24) is 19.5 Å². The first-order valence-corrected chi connectivity index (χ1v) is 9.41. The van der Waals surface area contributed by atoms with Crippen LogP contribution in [0.15, 0.2) is 42.5 Å². The van der Waals surface area contributed by atoms with Gasteiger partial charge >= 0.3 is 5.97 Å². The zero-order valence-electron chi connectivity index (χ0n) is 16.1. The third-order valence-corrected chi connectivity index (χ3v) is 4.98. The van der Waals surface area contributed by atoms with Crippen LogP contribution in [0, 0.1) is 0 Å². The lowest BCUT2D eigenvalue weighted by Crippen LogP contribution is -2.45. The molecule has 1 saturated heterocycles. The fraction of sp³-hybridized carbons (Fsp3) is 0.300. The summed E-state index contributed by atoms with van der Waals surface area (Å²) in [6.45, 7) is 3.18. The number of aromatic carboxylic acids is 1. The van der Waals surface area contributed by atoms with Crippen molar-refractivity contribution in [2.45, 2.75) is 6.42 Å². The van der Waals surface area contributed by atoms with Crippen molar-refractivity contribution in [1.29, 1.82) is 0 Å². The average molecular weight is 394 g/mol. The molecule has 1 amide bonds. The van der Waals surface area contributed by atoms with E-state index in [0.717, 1.165) is 31.7 Å². The number of rotatable bonds is 5. The molecule has 3 heterocycles. The molecule has 0 saturated carbocycles. The number of pyridine rings is 1. The van der Waals surface area contributed by atoms with Crippen molar-refractivity contribution >= 4 is 29.2 Å². The van der Waals surface area contributed by atoms with Crippen LogP contribution in [0.3, 0.4) is 0 Å². The van der Waals surface area contributed by atoms with Gasteiger partial charge in [0.2, 0.25) is 11.9 Å². The fourth-order valence-corrected chi connectivity index (χ4v) is 3.44. The lowest BCUT2D eigenvalue weighted by atomic mass is 10.1. The Bertz CT molecular complexity index is 1040. The van der Waals surface area contributed by atoms with Gasteiger partial charge in [-0.05, 0) is 24.7 Å². The van der Waals surface area contributed by atoms with Gasteiger partial charge in [0.25, 0.3) is 0 Å². The number of anilines is 2. The van der Waals surface area contributed by atoms with Gasteiger partial charge in [-0.1, -0.05) is 30.3 Å².